The topological polar surface area (TPSA) is 63.9 Å². The molecular formula is C19H21N3O. The van der Waals surface area contributed by atoms with Gasteiger partial charge in [-0.25, -0.2) is 0 Å². The number of rotatable bonds is 5. The molecule has 3 aromatic rings. The summed E-state index contributed by atoms with van der Waals surface area (Å²) in [6.45, 7) is 4.81. The van der Waals surface area contributed by atoms with E-state index < -0.39 is 0 Å². The summed E-state index contributed by atoms with van der Waals surface area (Å²) in [5.41, 5.74) is 10.6. The van der Waals surface area contributed by atoms with Crippen LogP contribution in [0.15, 0.2) is 54.6 Å². The number of nitrogen functional groups attached to an aromatic ring is 1. The molecule has 0 atom stereocenters. The monoisotopic (exact) mass is 307 g/mol. The van der Waals surface area contributed by atoms with E-state index in [-0.39, 0.29) is 0 Å². The first-order valence-corrected chi connectivity index (χ1v) is 7.75. The molecule has 4 heteroatoms. The van der Waals surface area contributed by atoms with E-state index in [0.717, 1.165) is 28.4 Å². The Morgan fingerprint density at radius 2 is 1.87 bits per heavy atom. The van der Waals surface area contributed by atoms with Gasteiger partial charge in [0, 0.05) is 11.3 Å². The number of hydrogen-bond acceptors (Lipinski definition) is 3. The lowest BCUT2D eigenvalue weighted by Gasteiger charge is -2.08. The Morgan fingerprint density at radius 3 is 2.57 bits per heavy atom. The number of nitrogens with zero attached hydrogens (tertiary/aromatic N) is 1. The third-order valence-electron chi connectivity index (χ3n) is 3.75. The summed E-state index contributed by atoms with van der Waals surface area (Å²) >= 11 is 0. The number of anilines is 1. The molecular weight excluding hydrogens is 286 g/mol. The second kappa shape index (κ2) is 6.57. The maximum Gasteiger partial charge on any atom is 0.130 e. The van der Waals surface area contributed by atoms with E-state index in [1.165, 1.54) is 5.56 Å². The van der Waals surface area contributed by atoms with Crippen molar-refractivity contribution < 1.29 is 4.74 Å². The van der Waals surface area contributed by atoms with E-state index in [2.05, 4.69) is 36.2 Å². The lowest BCUT2D eigenvalue weighted by Crippen LogP contribution is -1.96. The summed E-state index contributed by atoms with van der Waals surface area (Å²) in [5, 5.41) is 7.32. The van der Waals surface area contributed by atoms with E-state index in [1.807, 2.05) is 42.5 Å². The average Bonchev–Trinajstić information content (AvgIpc) is 3.02. The number of ether oxygens (including phenoxy) is 1. The van der Waals surface area contributed by atoms with Crippen molar-refractivity contribution in [1.29, 1.82) is 0 Å². The molecule has 0 saturated carbocycles. The quantitative estimate of drug-likeness (QED) is 0.688. The zero-order chi connectivity index (χ0) is 16.2. The van der Waals surface area contributed by atoms with Gasteiger partial charge in [0.1, 0.15) is 12.4 Å². The molecule has 0 aliphatic carbocycles. The van der Waals surface area contributed by atoms with E-state index >= 15 is 0 Å². The van der Waals surface area contributed by atoms with Gasteiger partial charge in [-0.2, -0.15) is 5.10 Å². The van der Waals surface area contributed by atoms with E-state index in [4.69, 9.17) is 10.5 Å². The number of nitrogens with one attached hydrogen (secondary N) is 1. The third kappa shape index (κ3) is 3.72. The van der Waals surface area contributed by atoms with Crippen LogP contribution in [-0.2, 0) is 6.61 Å². The summed E-state index contributed by atoms with van der Waals surface area (Å²) in [4.78, 5) is 0. The van der Waals surface area contributed by atoms with Gasteiger partial charge in [-0.1, -0.05) is 38.1 Å². The van der Waals surface area contributed by atoms with Crippen LogP contribution in [0, 0.1) is 0 Å². The first kappa shape index (κ1) is 15.2. The van der Waals surface area contributed by atoms with Crippen LogP contribution in [-0.4, -0.2) is 10.2 Å². The Kier molecular flexibility index (Phi) is 4.33. The molecule has 23 heavy (non-hydrogen) atoms. The van der Waals surface area contributed by atoms with Crippen molar-refractivity contribution in [2.24, 2.45) is 0 Å². The normalized spacial score (nSPS) is 10.9. The zero-order valence-corrected chi connectivity index (χ0v) is 13.4. The molecule has 0 unspecified atom stereocenters. The SMILES string of the molecule is CC(C)c1ccc(OCc2cc(-c3cccc(N)c3)n[nH]2)cc1. The van der Waals surface area contributed by atoms with Gasteiger partial charge < -0.3 is 10.5 Å². The first-order chi connectivity index (χ1) is 11.1. The first-order valence-electron chi connectivity index (χ1n) is 7.75. The highest BCUT2D eigenvalue weighted by atomic mass is 16.5. The summed E-state index contributed by atoms with van der Waals surface area (Å²) < 4.78 is 5.80. The fourth-order valence-corrected chi connectivity index (χ4v) is 2.39. The number of benzene rings is 2. The highest BCUT2D eigenvalue weighted by Crippen LogP contribution is 2.22. The molecule has 1 heterocycles. The van der Waals surface area contributed by atoms with Crippen molar-refractivity contribution in [1.82, 2.24) is 10.2 Å². The minimum absolute atomic E-state index is 0.455. The minimum Gasteiger partial charge on any atom is -0.487 e. The molecule has 0 amide bonds. The second-order valence-corrected chi connectivity index (χ2v) is 5.92. The maximum absolute atomic E-state index is 5.81. The third-order valence-corrected chi connectivity index (χ3v) is 3.75. The number of nitrogens with two attached hydrogens (primary N) is 1. The van der Waals surface area contributed by atoms with Crippen LogP contribution in [0.5, 0.6) is 5.75 Å². The molecule has 0 fully saturated rings. The summed E-state index contributed by atoms with van der Waals surface area (Å²) in [6, 6.07) is 17.9. The van der Waals surface area contributed by atoms with Crippen LogP contribution in [0.1, 0.15) is 31.0 Å². The average molecular weight is 307 g/mol. The maximum atomic E-state index is 5.81. The second-order valence-electron chi connectivity index (χ2n) is 5.92. The van der Waals surface area contributed by atoms with E-state index in [0.29, 0.717) is 12.5 Å². The molecule has 0 aliphatic rings. The Labute approximate surface area is 136 Å². The lowest BCUT2D eigenvalue weighted by molar-refractivity contribution is 0.301. The molecule has 3 N–H and O–H groups in total. The van der Waals surface area contributed by atoms with Crippen LogP contribution in [0.3, 0.4) is 0 Å². The van der Waals surface area contributed by atoms with Crippen molar-refractivity contribution in [3.8, 4) is 17.0 Å². The fraction of sp³-hybridized carbons (Fsp3) is 0.211. The van der Waals surface area contributed by atoms with Crippen LogP contribution < -0.4 is 10.5 Å². The van der Waals surface area contributed by atoms with Crippen molar-refractivity contribution in [2.75, 3.05) is 5.73 Å². The minimum atomic E-state index is 0.455. The van der Waals surface area contributed by atoms with Gasteiger partial charge in [-0.15, -0.1) is 0 Å². The highest BCUT2D eigenvalue weighted by Gasteiger charge is 2.05. The van der Waals surface area contributed by atoms with Gasteiger partial charge in [0.05, 0.1) is 11.4 Å². The summed E-state index contributed by atoms with van der Waals surface area (Å²) in [6.07, 6.45) is 0. The smallest absolute Gasteiger partial charge is 0.130 e. The van der Waals surface area contributed by atoms with Crippen molar-refractivity contribution in [2.45, 2.75) is 26.4 Å². The van der Waals surface area contributed by atoms with E-state index in [1.54, 1.807) is 0 Å². The van der Waals surface area contributed by atoms with Crippen LogP contribution in [0.25, 0.3) is 11.3 Å². The molecule has 118 valence electrons. The zero-order valence-electron chi connectivity index (χ0n) is 13.4. The summed E-state index contributed by atoms with van der Waals surface area (Å²) in [7, 11) is 0. The Morgan fingerprint density at radius 1 is 1.09 bits per heavy atom. The Hall–Kier alpha value is -2.75. The predicted molar refractivity (Wildman–Crippen MR) is 93.3 cm³/mol. The number of H-pyrrole nitrogens is 1. The molecule has 0 aliphatic heterocycles. The van der Waals surface area contributed by atoms with Gasteiger partial charge in [-0.3, -0.25) is 5.10 Å². The molecule has 0 spiro atoms. The molecule has 0 bridgehead atoms. The fourth-order valence-electron chi connectivity index (χ4n) is 2.39. The standard InChI is InChI=1S/C19H21N3O/c1-13(2)14-6-8-18(9-7-14)23-12-17-11-19(22-21-17)15-4-3-5-16(20)10-15/h3-11,13H,12,20H2,1-2H3,(H,21,22). The van der Waals surface area contributed by atoms with Crippen LogP contribution in [0.2, 0.25) is 0 Å². The Bertz CT molecular complexity index is 775. The van der Waals surface area contributed by atoms with Gasteiger partial charge in [0.2, 0.25) is 0 Å². The van der Waals surface area contributed by atoms with Crippen molar-refractivity contribution in [3.05, 3.63) is 65.9 Å². The number of hydrogen-bond donors (Lipinski definition) is 2. The molecule has 4 nitrogen and oxygen atoms in total. The molecule has 2 aromatic carbocycles. The largest absolute Gasteiger partial charge is 0.487 e. The molecule has 0 saturated heterocycles. The number of aromatic amines is 1. The summed E-state index contributed by atoms with van der Waals surface area (Å²) in [5.74, 6) is 1.38. The van der Waals surface area contributed by atoms with Gasteiger partial charge in [0.15, 0.2) is 0 Å². The van der Waals surface area contributed by atoms with Crippen LogP contribution >= 0.6 is 0 Å². The molecule has 3 rings (SSSR count). The van der Waals surface area contributed by atoms with E-state index in [9.17, 15) is 0 Å². The molecule has 1 aromatic heterocycles. The predicted octanol–water partition coefficient (Wildman–Crippen LogP) is 4.36. The van der Waals surface area contributed by atoms with Gasteiger partial charge in [-0.05, 0) is 41.8 Å². The van der Waals surface area contributed by atoms with Crippen molar-refractivity contribution >= 4 is 5.69 Å². The Balaban J connectivity index is 1.65. The van der Waals surface area contributed by atoms with Crippen molar-refractivity contribution in [3.63, 3.8) is 0 Å². The molecule has 0 radical (unpaired) electrons. The van der Waals surface area contributed by atoms with Gasteiger partial charge in [0.25, 0.3) is 0 Å². The van der Waals surface area contributed by atoms with Gasteiger partial charge >= 0.3 is 0 Å². The van der Waals surface area contributed by atoms with Crippen LogP contribution in [0.4, 0.5) is 5.69 Å². The number of aromatic nitrogens is 2. The lowest BCUT2D eigenvalue weighted by atomic mass is 10.0. The highest BCUT2D eigenvalue weighted by molar-refractivity contribution is 5.64.